The number of carbonyl (C=O) groups excluding carboxylic acids is 1. The van der Waals surface area contributed by atoms with Crippen LogP contribution in [-0.2, 0) is 6.61 Å². The number of amides is 2. The van der Waals surface area contributed by atoms with Crippen LogP contribution in [-0.4, -0.2) is 30.3 Å². The van der Waals surface area contributed by atoms with E-state index in [4.69, 9.17) is 21.1 Å². The number of urea groups is 1. The molecule has 0 radical (unpaired) electrons. The van der Waals surface area contributed by atoms with Gasteiger partial charge in [0.1, 0.15) is 12.0 Å². The van der Waals surface area contributed by atoms with Crippen LogP contribution < -0.4 is 14.8 Å². The van der Waals surface area contributed by atoms with E-state index in [0.717, 1.165) is 16.9 Å². The molecule has 0 aromatic heterocycles. The summed E-state index contributed by atoms with van der Waals surface area (Å²) >= 11 is 7.75. The molecule has 4 rings (SSSR count). The Morgan fingerprint density at radius 3 is 2.71 bits per heavy atom. The Kier molecular flexibility index (Phi) is 6.89. The standard InChI is InChI=1S/C24H23ClN2O3S/c1-29-22-14-18(10-11-21(22)30-16-17-6-3-2-4-7-17)23-27(12-13-31-23)24(28)26-20-9-5-8-19(25)15-20/h2-11,14-15,23H,12-13,16H2,1H3,(H,26,28). The second kappa shape index (κ2) is 9.98. The average molecular weight is 455 g/mol. The van der Waals surface area contributed by atoms with Crippen LogP contribution >= 0.6 is 23.4 Å². The zero-order chi connectivity index (χ0) is 21.6. The summed E-state index contributed by atoms with van der Waals surface area (Å²) in [6, 6.07) is 22.8. The second-order valence-electron chi connectivity index (χ2n) is 7.04. The maximum atomic E-state index is 12.9. The van der Waals surface area contributed by atoms with E-state index in [1.54, 1.807) is 31.0 Å². The molecular formula is C24H23ClN2O3S. The molecule has 1 fully saturated rings. The summed E-state index contributed by atoms with van der Waals surface area (Å²) in [5.41, 5.74) is 2.76. The Labute approximate surface area is 191 Å². The second-order valence-corrected chi connectivity index (χ2v) is 8.67. The van der Waals surface area contributed by atoms with Crippen LogP contribution in [0.5, 0.6) is 11.5 Å². The van der Waals surface area contributed by atoms with Crippen LogP contribution in [0.15, 0.2) is 72.8 Å². The molecule has 1 aliphatic heterocycles. The Bertz CT molecular complexity index is 1050. The van der Waals surface area contributed by atoms with Crippen molar-refractivity contribution in [3.05, 3.63) is 88.9 Å². The summed E-state index contributed by atoms with van der Waals surface area (Å²) < 4.78 is 11.5. The van der Waals surface area contributed by atoms with Crippen molar-refractivity contribution in [2.45, 2.75) is 12.0 Å². The number of anilines is 1. The minimum Gasteiger partial charge on any atom is -0.493 e. The fourth-order valence-corrected chi connectivity index (χ4v) is 4.84. The van der Waals surface area contributed by atoms with E-state index in [9.17, 15) is 4.79 Å². The first kappa shape index (κ1) is 21.4. The number of benzene rings is 3. The van der Waals surface area contributed by atoms with Crippen molar-refractivity contribution in [3.63, 3.8) is 0 Å². The van der Waals surface area contributed by atoms with Gasteiger partial charge in [-0.05, 0) is 41.5 Å². The van der Waals surface area contributed by atoms with Gasteiger partial charge in [0.15, 0.2) is 11.5 Å². The van der Waals surface area contributed by atoms with E-state index in [2.05, 4.69) is 5.32 Å². The van der Waals surface area contributed by atoms with Gasteiger partial charge in [-0.25, -0.2) is 4.79 Å². The van der Waals surface area contributed by atoms with E-state index in [-0.39, 0.29) is 11.4 Å². The van der Waals surface area contributed by atoms with Gasteiger partial charge in [0.25, 0.3) is 0 Å². The highest BCUT2D eigenvalue weighted by molar-refractivity contribution is 7.99. The van der Waals surface area contributed by atoms with E-state index in [0.29, 0.717) is 35.4 Å². The zero-order valence-electron chi connectivity index (χ0n) is 17.1. The van der Waals surface area contributed by atoms with Gasteiger partial charge in [-0.2, -0.15) is 0 Å². The summed E-state index contributed by atoms with van der Waals surface area (Å²) in [5, 5.41) is 3.42. The number of methoxy groups -OCH3 is 1. The summed E-state index contributed by atoms with van der Waals surface area (Å²) in [6.07, 6.45) is 0. The highest BCUT2D eigenvalue weighted by Gasteiger charge is 2.31. The third-order valence-corrected chi connectivity index (χ3v) is 6.43. The van der Waals surface area contributed by atoms with Gasteiger partial charge in [-0.1, -0.05) is 54.1 Å². The van der Waals surface area contributed by atoms with Crippen LogP contribution in [0, 0.1) is 0 Å². The molecule has 0 aliphatic carbocycles. The lowest BCUT2D eigenvalue weighted by atomic mass is 10.1. The summed E-state index contributed by atoms with van der Waals surface area (Å²) in [6.45, 7) is 1.12. The molecule has 1 unspecified atom stereocenters. The number of rotatable bonds is 6. The molecule has 2 amide bonds. The number of ether oxygens (including phenoxy) is 2. The van der Waals surface area contributed by atoms with Gasteiger partial charge < -0.3 is 19.7 Å². The molecule has 1 N–H and O–H groups in total. The molecule has 3 aromatic rings. The average Bonchev–Trinajstić information content (AvgIpc) is 3.28. The van der Waals surface area contributed by atoms with Crippen molar-refractivity contribution in [3.8, 4) is 11.5 Å². The third-order valence-electron chi connectivity index (χ3n) is 4.94. The number of thioether (sulfide) groups is 1. The number of nitrogens with zero attached hydrogens (tertiary/aromatic N) is 1. The lowest BCUT2D eigenvalue weighted by molar-refractivity contribution is 0.214. The fourth-order valence-electron chi connectivity index (χ4n) is 3.41. The number of nitrogens with one attached hydrogen (secondary N) is 1. The van der Waals surface area contributed by atoms with Crippen molar-refractivity contribution in [1.82, 2.24) is 4.90 Å². The van der Waals surface area contributed by atoms with Crippen LogP contribution in [0.4, 0.5) is 10.5 Å². The fraction of sp³-hybridized carbons (Fsp3) is 0.208. The Balaban J connectivity index is 1.47. The Hall–Kier alpha value is -2.83. The van der Waals surface area contributed by atoms with Gasteiger partial charge in [0, 0.05) is 23.0 Å². The topological polar surface area (TPSA) is 50.8 Å². The summed E-state index contributed by atoms with van der Waals surface area (Å²) in [7, 11) is 1.62. The first-order chi connectivity index (χ1) is 15.1. The largest absolute Gasteiger partial charge is 0.493 e. The Morgan fingerprint density at radius 1 is 1.10 bits per heavy atom. The van der Waals surface area contributed by atoms with E-state index < -0.39 is 0 Å². The minimum absolute atomic E-state index is 0.101. The molecule has 3 aromatic carbocycles. The van der Waals surface area contributed by atoms with Crippen molar-refractivity contribution >= 4 is 35.1 Å². The monoisotopic (exact) mass is 454 g/mol. The van der Waals surface area contributed by atoms with Crippen LogP contribution in [0.1, 0.15) is 16.5 Å². The van der Waals surface area contributed by atoms with Crippen molar-refractivity contribution in [2.75, 3.05) is 24.7 Å². The molecule has 31 heavy (non-hydrogen) atoms. The third kappa shape index (κ3) is 5.27. The molecular weight excluding hydrogens is 432 g/mol. The number of hydrogen-bond donors (Lipinski definition) is 1. The molecule has 0 spiro atoms. The van der Waals surface area contributed by atoms with Gasteiger partial charge in [0.05, 0.1) is 7.11 Å². The van der Waals surface area contributed by atoms with Crippen LogP contribution in [0.3, 0.4) is 0 Å². The first-order valence-corrected chi connectivity index (χ1v) is 11.4. The first-order valence-electron chi connectivity index (χ1n) is 9.93. The van der Waals surface area contributed by atoms with Crippen LogP contribution in [0.25, 0.3) is 0 Å². The molecule has 7 heteroatoms. The van der Waals surface area contributed by atoms with Gasteiger partial charge in [0.2, 0.25) is 0 Å². The number of halogens is 1. The molecule has 1 aliphatic rings. The quantitative estimate of drug-likeness (QED) is 0.481. The van der Waals surface area contributed by atoms with E-state index >= 15 is 0 Å². The van der Waals surface area contributed by atoms with Crippen LogP contribution in [0.2, 0.25) is 5.02 Å². The molecule has 0 saturated carbocycles. The minimum atomic E-state index is -0.152. The highest BCUT2D eigenvalue weighted by Crippen LogP contribution is 2.41. The maximum absolute atomic E-state index is 12.9. The molecule has 0 bridgehead atoms. The zero-order valence-corrected chi connectivity index (χ0v) is 18.7. The number of carbonyl (C=O) groups is 1. The predicted octanol–water partition coefficient (Wildman–Crippen LogP) is 6.21. The van der Waals surface area contributed by atoms with Gasteiger partial charge >= 0.3 is 6.03 Å². The molecule has 1 saturated heterocycles. The normalized spacial score (nSPS) is 15.5. The predicted molar refractivity (Wildman–Crippen MR) is 126 cm³/mol. The Morgan fingerprint density at radius 2 is 1.94 bits per heavy atom. The van der Waals surface area contributed by atoms with Gasteiger partial charge in [-0.3, -0.25) is 0 Å². The molecule has 160 valence electrons. The summed E-state index contributed by atoms with van der Waals surface area (Å²) in [5.74, 6) is 2.19. The molecule has 1 atom stereocenters. The highest BCUT2D eigenvalue weighted by atomic mass is 35.5. The van der Waals surface area contributed by atoms with E-state index in [1.165, 1.54) is 0 Å². The summed E-state index contributed by atoms with van der Waals surface area (Å²) in [4.78, 5) is 14.7. The van der Waals surface area contributed by atoms with E-state index in [1.807, 2.05) is 65.6 Å². The maximum Gasteiger partial charge on any atom is 0.323 e. The van der Waals surface area contributed by atoms with Crippen molar-refractivity contribution in [2.24, 2.45) is 0 Å². The number of hydrogen-bond acceptors (Lipinski definition) is 4. The van der Waals surface area contributed by atoms with Crippen molar-refractivity contribution < 1.29 is 14.3 Å². The molecule has 5 nitrogen and oxygen atoms in total. The van der Waals surface area contributed by atoms with Crippen molar-refractivity contribution in [1.29, 1.82) is 0 Å². The SMILES string of the molecule is COc1cc(C2SCCN2C(=O)Nc2cccc(Cl)c2)ccc1OCc1ccccc1. The lowest BCUT2D eigenvalue weighted by Crippen LogP contribution is -2.34. The van der Waals surface area contributed by atoms with Gasteiger partial charge in [-0.15, -0.1) is 11.8 Å². The smallest absolute Gasteiger partial charge is 0.323 e. The molecule has 1 heterocycles. The lowest BCUT2D eigenvalue weighted by Gasteiger charge is -2.25.